The summed E-state index contributed by atoms with van der Waals surface area (Å²) in [7, 11) is 0. The minimum Gasteiger partial charge on any atom is -0.478 e. The Morgan fingerprint density at radius 1 is 0.743 bits per heavy atom. The maximum atomic E-state index is 13.2. The number of ether oxygens (including phenoxy) is 2. The van der Waals surface area contributed by atoms with Crippen molar-refractivity contribution >= 4 is 52.7 Å². The van der Waals surface area contributed by atoms with Gasteiger partial charge < -0.3 is 19.9 Å². The SMILES string of the molecule is O=C(O[C@H](C(=O)Nc1ccc(F)cc1)[C@@H](OC(=O)c1ccccc1Cl)C(=O)O)c1ccccc1Cl. The summed E-state index contributed by atoms with van der Waals surface area (Å²) in [5.41, 5.74) is -0.261. The van der Waals surface area contributed by atoms with Crippen LogP contribution in [-0.4, -0.2) is 41.1 Å². The van der Waals surface area contributed by atoms with Crippen LogP contribution in [0.3, 0.4) is 0 Å². The molecule has 3 aromatic rings. The third-order valence-electron chi connectivity index (χ3n) is 4.54. The highest BCUT2D eigenvalue weighted by Crippen LogP contribution is 2.21. The fraction of sp³-hybridized carbons (Fsp3) is 0.0833. The van der Waals surface area contributed by atoms with E-state index >= 15 is 0 Å². The molecule has 0 bridgehead atoms. The van der Waals surface area contributed by atoms with Gasteiger partial charge in [-0.1, -0.05) is 47.5 Å². The van der Waals surface area contributed by atoms with E-state index in [1.54, 1.807) is 6.07 Å². The monoisotopic (exact) mass is 519 g/mol. The first kappa shape index (κ1) is 25.7. The summed E-state index contributed by atoms with van der Waals surface area (Å²) in [5.74, 6) is -5.83. The summed E-state index contributed by atoms with van der Waals surface area (Å²) in [6.07, 6.45) is -4.43. The Hall–Kier alpha value is -3.95. The fourth-order valence-electron chi connectivity index (χ4n) is 2.85. The highest BCUT2D eigenvalue weighted by atomic mass is 35.5. The molecule has 35 heavy (non-hydrogen) atoms. The van der Waals surface area contributed by atoms with E-state index in [1.807, 2.05) is 0 Å². The van der Waals surface area contributed by atoms with Gasteiger partial charge in [-0.3, -0.25) is 4.79 Å². The number of halogens is 3. The summed E-state index contributed by atoms with van der Waals surface area (Å²) >= 11 is 12.0. The summed E-state index contributed by atoms with van der Waals surface area (Å²) < 4.78 is 23.4. The van der Waals surface area contributed by atoms with Crippen LogP contribution in [0.4, 0.5) is 10.1 Å². The first-order valence-corrected chi connectivity index (χ1v) is 10.6. The molecule has 0 aliphatic carbocycles. The molecule has 0 saturated carbocycles. The van der Waals surface area contributed by atoms with Gasteiger partial charge in [0.25, 0.3) is 5.91 Å². The maximum absolute atomic E-state index is 13.2. The number of carboxylic acid groups (broad SMARTS) is 1. The molecular formula is C24H16Cl2FNO7. The molecule has 0 radical (unpaired) electrons. The van der Waals surface area contributed by atoms with E-state index in [0.717, 1.165) is 12.1 Å². The first-order valence-electron chi connectivity index (χ1n) is 9.87. The predicted octanol–water partition coefficient (Wildman–Crippen LogP) is 4.61. The molecule has 11 heteroatoms. The van der Waals surface area contributed by atoms with Crippen molar-refractivity contribution in [3.8, 4) is 0 Å². The maximum Gasteiger partial charge on any atom is 0.349 e. The van der Waals surface area contributed by atoms with Gasteiger partial charge in [-0.25, -0.2) is 18.8 Å². The minimum atomic E-state index is -2.27. The molecule has 0 aromatic heterocycles. The van der Waals surface area contributed by atoms with Crippen LogP contribution in [0.1, 0.15) is 20.7 Å². The number of esters is 2. The molecule has 0 heterocycles. The van der Waals surface area contributed by atoms with Gasteiger partial charge in [0.2, 0.25) is 12.2 Å². The Labute approximate surface area is 208 Å². The fourth-order valence-corrected chi connectivity index (χ4v) is 3.28. The number of aliphatic carboxylic acids is 1. The topological polar surface area (TPSA) is 119 Å². The first-order chi connectivity index (χ1) is 16.7. The highest BCUT2D eigenvalue weighted by molar-refractivity contribution is 6.34. The predicted molar refractivity (Wildman–Crippen MR) is 124 cm³/mol. The molecule has 0 aliphatic heterocycles. The number of carbonyl (C=O) groups excluding carboxylic acids is 3. The quantitative estimate of drug-likeness (QED) is 0.417. The zero-order chi connectivity index (χ0) is 25.5. The van der Waals surface area contributed by atoms with E-state index in [1.165, 1.54) is 54.6 Å². The lowest BCUT2D eigenvalue weighted by atomic mass is 10.1. The largest absolute Gasteiger partial charge is 0.478 e. The van der Waals surface area contributed by atoms with Crippen LogP contribution in [0.5, 0.6) is 0 Å². The van der Waals surface area contributed by atoms with Crippen LogP contribution in [0.25, 0.3) is 0 Å². The van der Waals surface area contributed by atoms with Crippen LogP contribution < -0.4 is 5.32 Å². The number of benzene rings is 3. The number of hydrogen-bond donors (Lipinski definition) is 2. The van der Waals surface area contributed by atoms with E-state index in [-0.39, 0.29) is 26.9 Å². The van der Waals surface area contributed by atoms with E-state index in [4.69, 9.17) is 32.7 Å². The molecule has 2 atom stereocenters. The van der Waals surface area contributed by atoms with Gasteiger partial charge in [0.15, 0.2) is 0 Å². The molecule has 3 aromatic carbocycles. The van der Waals surface area contributed by atoms with Crippen molar-refractivity contribution in [3.63, 3.8) is 0 Å². The Morgan fingerprint density at radius 2 is 1.20 bits per heavy atom. The Balaban J connectivity index is 1.93. The Bertz CT molecular complexity index is 1270. The number of nitrogens with one attached hydrogen (secondary N) is 1. The average Bonchev–Trinajstić information content (AvgIpc) is 2.82. The average molecular weight is 520 g/mol. The molecule has 8 nitrogen and oxygen atoms in total. The van der Waals surface area contributed by atoms with E-state index in [9.17, 15) is 28.7 Å². The molecule has 0 aliphatic rings. The van der Waals surface area contributed by atoms with Gasteiger partial charge >= 0.3 is 17.9 Å². The second-order valence-electron chi connectivity index (χ2n) is 6.95. The number of carboxylic acids is 1. The summed E-state index contributed by atoms with van der Waals surface area (Å²) in [4.78, 5) is 50.3. The van der Waals surface area contributed by atoms with Gasteiger partial charge in [0.05, 0.1) is 21.2 Å². The third kappa shape index (κ3) is 6.56. The molecule has 2 N–H and O–H groups in total. The van der Waals surface area contributed by atoms with Crippen molar-refractivity contribution in [1.82, 2.24) is 0 Å². The summed E-state index contributed by atoms with van der Waals surface area (Å²) in [5, 5.41) is 12.0. The van der Waals surface area contributed by atoms with Gasteiger partial charge in [0.1, 0.15) is 5.82 Å². The number of anilines is 1. The molecule has 0 spiro atoms. The molecule has 3 rings (SSSR count). The number of rotatable bonds is 8. The standard InChI is InChI=1S/C24H16Cl2FNO7/c25-17-7-3-1-5-15(17)23(32)34-19(21(29)28-14-11-9-13(27)10-12-14)20(22(30)31)35-24(33)16-6-2-4-8-18(16)26/h1-12,19-20H,(H,28,29)(H,30,31)/t19-,20+/m0/s1. The van der Waals surface area contributed by atoms with Crippen molar-refractivity contribution in [1.29, 1.82) is 0 Å². The van der Waals surface area contributed by atoms with Crippen LogP contribution in [-0.2, 0) is 19.1 Å². The zero-order valence-electron chi connectivity index (χ0n) is 17.6. The van der Waals surface area contributed by atoms with Gasteiger partial charge in [0, 0.05) is 5.69 Å². The minimum absolute atomic E-state index is 0.0184. The summed E-state index contributed by atoms with van der Waals surface area (Å²) in [6, 6.07) is 15.9. The lowest BCUT2D eigenvalue weighted by Crippen LogP contribution is -2.48. The van der Waals surface area contributed by atoms with Crippen molar-refractivity contribution in [2.24, 2.45) is 0 Å². The third-order valence-corrected chi connectivity index (χ3v) is 5.20. The van der Waals surface area contributed by atoms with Crippen LogP contribution in [0.15, 0.2) is 72.8 Å². The number of hydrogen-bond acceptors (Lipinski definition) is 6. The van der Waals surface area contributed by atoms with Crippen LogP contribution in [0.2, 0.25) is 10.0 Å². The second-order valence-corrected chi connectivity index (χ2v) is 7.76. The van der Waals surface area contributed by atoms with Crippen molar-refractivity contribution in [3.05, 3.63) is 99.8 Å². The van der Waals surface area contributed by atoms with Crippen molar-refractivity contribution < 1.29 is 38.1 Å². The molecule has 0 unspecified atom stereocenters. The zero-order valence-corrected chi connectivity index (χ0v) is 19.1. The number of amides is 1. The molecule has 1 amide bonds. The second kappa shape index (κ2) is 11.5. The summed E-state index contributed by atoms with van der Waals surface area (Å²) in [6.45, 7) is 0. The lowest BCUT2D eigenvalue weighted by Gasteiger charge is -2.24. The smallest absolute Gasteiger partial charge is 0.349 e. The van der Waals surface area contributed by atoms with E-state index in [0.29, 0.717) is 0 Å². The molecule has 0 saturated heterocycles. The van der Waals surface area contributed by atoms with Gasteiger partial charge in [-0.15, -0.1) is 0 Å². The van der Waals surface area contributed by atoms with Gasteiger partial charge in [-0.2, -0.15) is 0 Å². The van der Waals surface area contributed by atoms with Crippen LogP contribution in [0, 0.1) is 5.82 Å². The van der Waals surface area contributed by atoms with Crippen molar-refractivity contribution in [2.45, 2.75) is 12.2 Å². The van der Waals surface area contributed by atoms with E-state index < -0.39 is 41.8 Å². The number of carbonyl (C=O) groups is 4. The van der Waals surface area contributed by atoms with Gasteiger partial charge in [-0.05, 0) is 48.5 Å². The Kier molecular flexibility index (Phi) is 8.40. The lowest BCUT2D eigenvalue weighted by molar-refractivity contribution is -0.157. The van der Waals surface area contributed by atoms with E-state index in [2.05, 4.69) is 5.32 Å². The molecular weight excluding hydrogens is 504 g/mol. The Morgan fingerprint density at radius 3 is 1.66 bits per heavy atom. The molecule has 180 valence electrons. The van der Waals surface area contributed by atoms with Crippen LogP contribution >= 0.6 is 23.2 Å². The molecule has 0 fully saturated rings. The highest BCUT2D eigenvalue weighted by Gasteiger charge is 2.41. The normalized spacial score (nSPS) is 12.2. The van der Waals surface area contributed by atoms with Crippen molar-refractivity contribution in [2.75, 3.05) is 5.32 Å².